The number of nitrogens with one attached hydrogen (secondary N) is 1. The first-order valence-electron chi connectivity index (χ1n) is 6.95. The van der Waals surface area contributed by atoms with Gasteiger partial charge in [-0.25, -0.2) is 4.79 Å². The van der Waals surface area contributed by atoms with Crippen LogP contribution in [0.25, 0.3) is 0 Å². The summed E-state index contributed by atoms with van der Waals surface area (Å²) < 4.78 is 4.72. The second kappa shape index (κ2) is 7.24. The fourth-order valence-electron chi connectivity index (χ4n) is 2.32. The number of esters is 1. The highest BCUT2D eigenvalue weighted by Crippen LogP contribution is 2.15. The van der Waals surface area contributed by atoms with E-state index >= 15 is 0 Å². The molecule has 1 aliphatic rings. The number of benzene rings is 1. The first-order valence-corrected chi connectivity index (χ1v) is 7.36. The molecule has 1 heterocycles. The topological polar surface area (TPSA) is 41.6 Å². The summed E-state index contributed by atoms with van der Waals surface area (Å²) in [5.41, 5.74) is 1.35. The van der Waals surface area contributed by atoms with Crippen LogP contribution in [-0.2, 0) is 4.74 Å². The highest BCUT2D eigenvalue weighted by atomic mass is 32.1. The van der Waals surface area contributed by atoms with E-state index in [0.717, 1.165) is 23.9 Å². The number of carbonyl (C=O) groups is 1. The lowest BCUT2D eigenvalue weighted by Gasteiger charge is -2.24. The van der Waals surface area contributed by atoms with Crippen LogP contribution in [0.2, 0.25) is 0 Å². The average molecular weight is 292 g/mol. The van der Waals surface area contributed by atoms with E-state index in [1.807, 2.05) is 12.1 Å². The first-order chi connectivity index (χ1) is 9.70. The summed E-state index contributed by atoms with van der Waals surface area (Å²) >= 11 is 5.45. The van der Waals surface area contributed by atoms with E-state index < -0.39 is 0 Å². The Morgan fingerprint density at radius 2 is 1.95 bits per heavy atom. The first kappa shape index (κ1) is 14.8. The number of thiocarbonyl (C=S) groups is 1. The van der Waals surface area contributed by atoms with Gasteiger partial charge in [0.25, 0.3) is 0 Å². The molecule has 4 nitrogen and oxygen atoms in total. The van der Waals surface area contributed by atoms with E-state index in [0.29, 0.717) is 5.56 Å². The molecule has 0 spiro atoms. The lowest BCUT2D eigenvalue weighted by Crippen LogP contribution is -2.35. The van der Waals surface area contributed by atoms with Gasteiger partial charge in [-0.15, -0.1) is 0 Å². The second-order valence-electron chi connectivity index (χ2n) is 4.90. The van der Waals surface area contributed by atoms with E-state index in [1.54, 1.807) is 12.1 Å². The van der Waals surface area contributed by atoms with Crippen molar-refractivity contribution < 1.29 is 9.53 Å². The molecule has 0 bridgehead atoms. The molecule has 108 valence electrons. The molecular formula is C15H20N2O2S. The second-order valence-corrected chi connectivity index (χ2v) is 5.29. The summed E-state index contributed by atoms with van der Waals surface area (Å²) in [7, 11) is 1.38. The fraction of sp³-hybridized carbons (Fsp3) is 0.467. The van der Waals surface area contributed by atoms with Crippen molar-refractivity contribution >= 4 is 29.0 Å². The number of likely N-dealkylation sites (tertiary alicyclic amines) is 1. The molecule has 0 saturated carbocycles. The molecule has 1 fully saturated rings. The highest BCUT2D eigenvalue weighted by molar-refractivity contribution is 7.80. The van der Waals surface area contributed by atoms with Crippen LogP contribution in [0.15, 0.2) is 24.3 Å². The zero-order valence-corrected chi connectivity index (χ0v) is 12.5. The Morgan fingerprint density at radius 1 is 1.25 bits per heavy atom. The Bertz CT molecular complexity index is 483. The van der Waals surface area contributed by atoms with Crippen LogP contribution < -0.4 is 5.32 Å². The van der Waals surface area contributed by atoms with E-state index in [4.69, 9.17) is 17.0 Å². The monoisotopic (exact) mass is 292 g/mol. The van der Waals surface area contributed by atoms with Crippen LogP contribution in [0.4, 0.5) is 5.69 Å². The van der Waals surface area contributed by atoms with Crippen molar-refractivity contribution in [2.75, 3.05) is 25.5 Å². The molecule has 20 heavy (non-hydrogen) atoms. The van der Waals surface area contributed by atoms with Gasteiger partial charge in [-0.05, 0) is 43.3 Å². The molecule has 0 unspecified atom stereocenters. The maximum atomic E-state index is 11.5. The smallest absolute Gasteiger partial charge is 0.337 e. The molecule has 1 aromatic carbocycles. The minimum Gasteiger partial charge on any atom is -0.465 e. The van der Waals surface area contributed by atoms with Crippen molar-refractivity contribution in [2.24, 2.45) is 0 Å². The van der Waals surface area contributed by atoms with Crippen molar-refractivity contribution in [1.29, 1.82) is 0 Å². The summed E-state index contributed by atoms with van der Waals surface area (Å²) in [6, 6.07) is 7.21. The van der Waals surface area contributed by atoms with Crippen molar-refractivity contribution in [2.45, 2.75) is 25.7 Å². The van der Waals surface area contributed by atoms with Gasteiger partial charge in [-0.1, -0.05) is 18.9 Å². The molecule has 1 aliphatic heterocycles. The normalized spacial score (nSPS) is 15.3. The van der Waals surface area contributed by atoms with Crippen LogP contribution in [0.1, 0.15) is 36.0 Å². The third kappa shape index (κ3) is 3.93. The summed E-state index contributed by atoms with van der Waals surface area (Å²) in [5, 5.41) is 3.94. The minimum absolute atomic E-state index is 0.339. The van der Waals surface area contributed by atoms with Crippen molar-refractivity contribution in [3.63, 3.8) is 0 Å². The molecule has 1 N–H and O–H groups in total. The van der Waals surface area contributed by atoms with Gasteiger partial charge >= 0.3 is 5.97 Å². The molecule has 0 aromatic heterocycles. The van der Waals surface area contributed by atoms with Crippen molar-refractivity contribution in [3.05, 3.63) is 29.8 Å². The third-order valence-electron chi connectivity index (χ3n) is 3.43. The zero-order chi connectivity index (χ0) is 14.4. The molecule has 1 saturated heterocycles. The quantitative estimate of drug-likeness (QED) is 0.670. The summed E-state index contributed by atoms with van der Waals surface area (Å²) in [5.74, 6) is -0.339. The predicted octanol–water partition coefficient (Wildman–Crippen LogP) is 3.05. The molecule has 0 radical (unpaired) electrons. The van der Waals surface area contributed by atoms with Gasteiger partial charge in [0, 0.05) is 18.8 Å². The van der Waals surface area contributed by atoms with Crippen LogP contribution >= 0.6 is 12.2 Å². The van der Waals surface area contributed by atoms with Gasteiger partial charge in [0.1, 0.15) is 0 Å². The lowest BCUT2D eigenvalue weighted by molar-refractivity contribution is 0.0601. The number of anilines is 1. The van der Waals surface area contributed by atoms with E-state index in [-0.39, 0.29) is 5.97 Å². The van der Waals surface area contributed by atoms with E-state index in [1.165, 1.54) is 32.8 Å². The van der Waals surface area contributed by atoms with Crippen LogP contribution in [-0.4, -0.2) is 36.2 Å². The molecule has 0 amide bonds. The maximum Gasteiger partial charge on any atom is 0.337 e. The van der Waals surface area contributed by atoms with Crippen LogP contribution in [0.3, 0.4) is 0 Å². The summed E-state index contributed by atoms with van der Waals surface area (Å²) in [4.78, 5) is 13.7. The summed E-state index contributed by atoms with van der Waals surface area (Å²) in [6.07, 6.45) is 4.92. The maximum absolute atomic E-state index is 11.5. The van der Waals surface area contributed by atoms with Gasteiger partial charge in [-0.3, -0.25) is 0 Å². The van der Waals surface area contributed by atoms with Crippen LogP contribution in [0, 0.1) is 0 Å². The summed E-state index contributed by atoms with van der Waals surface area (Å²) in [6.45, 7) is 2.01. The number of hydrogen-bond donors (Lipinski definition) is 1. The van der Waals surface area contributed by atoms with Crippen molar-refractivity contribution in [1.82, 2.24) is 4.90 Å². The Morgan fingerprint density at radius 3 is 2.60 bits per heavy atom. The van der Waals surface area contributed by atoms with Gasteiger partial charge in [0.15, 0.2) is 5.11 Å². The standard InChI is InChI=1S/C15H20N2O2S/c1-19-14(18)12-7-6-8-13(11-12)16-15(20)17-9-4-2-3-5-10-17/h6-8,11H,2-5,9-10H2,1H3,(H,16,20). The third-order valence-corrected chi connectivity index (χ3v) is 3.79. The Labute approximate surface area is 125 Å². The van der Waals surface area contributed by atoms with Gasteiger partial charge in [0.2, 0.25) is 0 Å². The number of carbonyl (C=O) groups excluding carboxylic acids is 1. The van der Waals surface area contributed by atoms with Crippen LogP contribution in [0.5, 0.6) is 0 Å². The Kier molecular flexibility index (Phi) is 5.35. The molecule has 0 atom stereocenters. The SMILES string of the molecule is COC(=O)c1cccc(NC(=S)N2CCCCCC2)c1. The predicted molar refractivity (Wildman–Crippen MR) is 84.0 cm³/mol. The highest BCUT2D eigenvalue weighted by Gasteiger charge is 2.13. The van der Waals surface area contributed by atoms with Gasteiger partial charge in [-0.2, -0.15) is 0 Å². The average Bonchev–Trinajstić information content (AvgIpc) is 2.76. The fourth-order valence-corrected chi connectivity index (χ4v) is 2.62. The number of ether oxygens (including phenoxy) is 1. The Balaban J connectivity index is 2.01. The number of rotatable bonds is 2. The zero-order valence-electron chi connectivity index (χ0n) is 11.7. The molecule has 2 rings (SSSR count). The number of methoxy groups -OCH3 is 1. The minimum atomic E-state index is -0.339. The lowest BCUT2D eigenvalue weighted by atomic mass is 10.2. The molecular weight excluding hydrogens is 272 g/mol. The Hall–Kier alpha value is -1.62. The number of nitrogens with zero attached hydrogens (tertiary/aromatic N) is 1. The van der Waals surface area contributed by atoms with Crippen molar-refractivity contribution in [3.8, 4) is 0 Å². The molecule has 5 heteroatoms. The number of hydrogen-bond acceptors (Lipinski definition) is 3. The molecule has 1 aromatic rings. The van der Waals surface area contributed by atoms with Gasteiger partial charge in [0.05, 0.1) is 12.7 Å². The van der Waals surface area contributed by atoms with E-state index in [2.05, 4.69) is 10.2 Å². The van der Waals surface area contributed by atoms with E-state index in [9.17, 15) is 4.79 Å². The largest absolute Gasteiger partial charge is 0.465 e. The molecule has 0 aliphatic carbocycles. The van der Waals surface area contributed by atoms with Gasteiger partial charge < -0.3 is 15.0 Å².